The topological polar surface area (TPSA) is 136 Å². The maximum Gasteiger partial charge on any atom is 1.00 e. The molecule has 0 saturated heterocycles. The van der Waals surface area contributed by atoms with Crippen molar-refractivity contribution in [1.82, 2.24) is 9.88 Å². The van der Waals surface area contributed by atoms with E-state index in [0.717, 1.165) is 21.1 Å². The van der Waals surface area contributed by atoms with Crippen molar-refractivity contribution in [3.63, 3.8) is 0 Å². The number of carboxylic acid groups (broad SMARTS) is 1. The van der Waals surface area contributed by atoms with E-state index in [9.17, 15) is 24.6 Å². The first-order valence-corrected chi connectivity index (χ1v) is 9.98. The molecule has 2 heterocycles. The van der Waals surface area contributed by atoms with E-state index in [1.807, 2.05) is 18.2 Å². The summed E-state index contributed by atoms with van der Waals surface area (Å²) in [6.45, 7) is 0. The van der Waals surface area contributed by atoms with E-state index in [1.54, 1.807) is 25.3 Å². The molecule has 0 aliphatic carbocycles. The molecule has 2 N–H and O–H groups in total. The van der Waals surface area contributed by atoms with Crippen LogP contribution in [0.4, 0.5) is 10.5 Å². The molecule has 3 aromatic rings. The number of rotatable bonds is 7. The number of carbonyl (C=O) groups excluding carboxylic acids is 2. The smallest absolute Gasteiger partial charge is 0.871 e. The van der Waals surface area contributed by atoms with Crippen LogP contribution < -0.4 is 90.3 Å². The number of amides is 2. The average molecular weight is 487 g/mol. The van der Waals surface area contributed by atoms with E-state index >= 15 is 0 Å². The molecule has 12 heteroatoms. The molecule has 162 valence electrons. The van der Waals surface area contributed by atoms with Gasteiger partial charge in [0.15, 0.2) is 0 Å². The number of nitrogens with zero attached hydrogens (tertiary/aromatic N) is 1. The van der Waals surface area contributed by atoms with Gasteiger partial charge in [0, 0.05) is 35.4 Å². The Morgan fingerprint density at radius 1 is 1.18 bits per heavy atom. The molecule has 33 heavy (non-hydrogen) atoms. The Morgan fingerprint density at radius 3 is 2.58 bits per heavy atom. The fraction of sp³-hybridized carbons (Fsp3) is 0.190. The molecule has 1 atom stereocenters. The van der Waals surface area contributed by atoms with E-state index in [-0.39, 0.29) is 59.1 Å². The van der Waals surface area contributed by atoms with Crippen molar-refractivity contribution in [1.29, 1.82) is 0 Å². The minimum atomic E-state index is -1.36. The summed E-state index contributed by atoms with van der Waals surface area (Å²) in [4.78, 5) is 37.2. The third-order valence-electron chi connectivity index (χ3n) is 4.47. The van der Waals surface area contributed by atoms with Gasteiger partial charge in [0.1, 0.15) is 11.4 Å². The van der Waals surface area contributed by atoms with Gasteiger partial charge in [0.2, 0.25) is 0 Å². The van der Waals surface area contributed by atoms with Gasteiger partial charge in [-0.1, -0.05) is 23.9 Å². The fourth-order valence-electron chi connectivity index (χ4n) is 2.90. The molecule has 0 spiro atoms. The third kappa shape index (κ3) is 7.61. The van der Waals surface area contributed by atoms with Gasteiger partial charge in [0.25, 0.3) is 5.56 Å². The van der Waals surface area contributed by atoms with Crippen LogP contribution in [0.1, 0.15) is 17.3 Å². The van der Waals surface area contributed by atoms with E-state index in [0.29, 0.717) is 10.6 Å². The van der Waals surface area contributed by atoms with Gasteiger partial charge in [-0.3, -0.25) is 4.79 Å². The summed E-state index contributed by atoms with van der Waals surface area (Å²) >= 11 is 1.30. The molecule has 0 fully saturated rings. The summed E-state index contributed by atoms with van der Waals surface area (Å²) in [5, 5.41) is 27.9. The molecule has 0 radical (unpaired) electrons. The average Bonchev–Trinajstić information content (AvgIpc) is 3.23. The number of ether oxygens (including phenoxy) is 1. The zero-order valence-corrected chi connectivity index (χ0v) is 23.5. The Bertz CT molecular complexity index is 1180. The number of anilines is 1. The van der Waals surface area contributed by atoms with E-state index in [2.05, 4.69) is 10.6 Å². The summed E-state index contributed by atoms with van der Waals surface area (Å²) in [6, 6.07) is 10.2. The van der Waals surface area contributed by atoms with Crippen LogP contribution in [0.2, 0.25) is 0 Å². The van der Waals surface area contributed by atoms with Gasteiger partial charge in [-0.05, 0) is 29.8 Å². The van der Waals surface area contributed by atoms with Crippen molar-refractivity contribution in [3.8, 4) is 21.9 Å². The van der Waals surface area contributed by atoms with Crippen LogP contribution in [0.5, 0.6) is 11.5 Å². The van der Waals surface area contributed by atoms with E-state index < -0.39 is 41.5 Å². The van der Waals surface area contributed by atoms with E-state index in [1.165, 1.54) is 24.6 Å². The van der Waals surface area contributed by atoms with Crippen LogP contribution in [0, 0.1) is 0 Å². The molecule has 0 bridgehead atoms. The summed E-state index contributed by atoms with van der Waals surface area (Å²) in [6.07, 6.45) is 0.806. The van der Waals surface area contributed by atoms with Crippen LogP contribution in [0.25, 0.3) is 10.4 Å². The molecular formula is C21H19N3Na2O6S. The molecule has 0 unspecified atom stereocenters. The first-order chi connectivity index (χ1) is 14.8. The second-order valence-corrected chi connectivity index (χ2v) is 7.75. The van der Waals surface area contributed by atoms with Crippen molar-refractivity contribution >= 4 is 29.0 Å². The van der Waals surface area contributed by atoms with Gasteiger partial charge in [-0.25, -0.2) is 4.79 Å². The van der Waals surface area contributed by atoms with Crippen LogP contribution >= 0.6 is 11.3 Å². The van der Waals surface area contributed by atoms with Crippen molar-refractivity contribution < 1.29 is 83.7 Å². The molecular weight excluding hydrogens is 468 g/mol. The maximum absolute atomic E-state index is 12.4. The van der Waals surface area contributed by atoms with Gasteiger partial charge in [-0.15, -0.1) is 11.3 Å². The Labute approximate surface area is 238 Å². The number of hydrogen-bond donors (Lipinski definition) is 2. The Kier molecular flexibility index (Phi) is 11.7. The number of benzene rings is 1. The van der Waals surface area contributed by atoms with Gasteiger partial charge < -0.3 is 34.9 Å². The minimum Gasteiger partial charge on any atom is -0.871 e. The molecule has 0 saturated carbocycles. The molecule has 2 amide bonds. The minimum absolute atomic E-state index is 0. The van der Waals surface area contributed by atoms with Crippen molar-refractivity contribution in [2.75, 3.05) is 12.4 Å². The van der Waals surface area contributed by atoms with Crippen molar-refractivity contribution in [2.45, 2.75) is 12.5 Å². The number of pyridine rings is 1. The number of aromatic nitrogens is 1. The number of carbonyl (C=O) groups is 2. The zero-order chi connectivity index (χ0) is 22.5. The molecule has 1 aromatic carbocycles. The molecule has 0 aliphatic rings. The number of carboxylic acids is 1. The summed E-state index contributed by atoms with van der Waals surface area (Å²) in [7, 11) is 3.00. The number of nitrogens with one attached hydrogen (secondary N) is 2. The van der Waals surface area contributed by atoms with Crippen molar-refractivity contribution in [2.24, 2.45) is 7.05 Å². The van der Waals surface area contributed by atoms with Crippen LogP contribution in [-0.2, 0) is 11.8 Å². The van der Waals surface area contributed by atoms with E-state index in [4.69, 9.17) is 4.74 Å². The number of aliphatic carboxylic acids is 1. The SMILES string of the molecule is COc1cccc(-c2ccc([C@H](CC(=O)[O-])NC(=O)Nc3c([O-])ccn(C)c3=O)s2)c1.[Na+].[Na+]. The predicted molar refractivity (Wildman–Crippen MR) is 112 cm³/mol. The first kappa shape index (κ1) is 29.2. The summed E-state index contributed by atoms with van der Waals surface area (Å²) < 4.78 is 6.37. The summed E-state index contributed by atoms with van der Waals surface area (Å²) in [5.41, 5.74) is -0.218. The number of aryl methyl sites for hydroxylation is 1. The standard InChI is InChI=1S/C21H21N3O6S.2Na/c1-24-9-8-15(25)19(20(24)28)23-21(29)22-14(11-18(26)27)17-7-6-16(31-17)12-4-3-5-13(10-12)30-2;;/h3-10,14,25H,11H2,1-2H3,(H,26,27)(H2,22,23,29);;/q;2*+1/p-2/t14-;;/m0../s1. The Morgan fingerprint density at radius 2 is 1.91 bits per heavy atom. The number of methoxy groups -OCH3 is 1. The maximum atomic E-state index is 12.4. The first-order valence-electron chi connectivity index (χ1n) is 9.16. The van der Waals surface area contributed by atoms with Crippen LogP contribution in [-0.4, -0.2) is 23.7 Å². The van der Waals surface area contributed by atoms with Gasteiger partial charge >= 0.3 is 65.1 Å². The van der Waals surface area contributed by atoms with Crippen LogP contribution in [0.3, 0.4) is 0 Å². The third-order valence-corrected chi connectivity index (χ3v) is 5.72. The molecule has 2 aromatic heterocycles. The Hall–Kier alpha value is -1.79. The normalized spacial score (nSPS) is 10.8. The second-order valence-electron chi connectivity index (χ2n) is 6.63. The molecule has 0 aliphatic heterocycles. The summed E-state index contributed by atoms with van der Waals surface area (Å²) in [5.74, 6) is -1.33. The predicted octanol–water partition coefficient (Wildman–Crippen LogP) is -4.79. The second kappa shape index (κ2) is 13.2. The van der Waals surface area contributed by atoms with Crippen LogP contribution in [0.15, 0.2) is 53.5 Å². The van der Waals surface area contributed by atoms with Gasteiger partial charge in [-0.2, -0.15) is 0 Å². The monoisotopic (exact) mass is 487 g/mol. The van der Waals surface area contributed by atoms with Crippen molar-refractivity contribution in [3.05, 3.63) is 63.9 Å². The molecule has 3 rings (SSSR count). The largest absolute Gasteiger partial charge is 1.00 e. The Balaban J connectivity index is 0.00000272. The zero-order valence-electron chi connectivity index (χ0n) is 18.7. The number of thiophene rings is 1. The fourth-order valence-corrected chi connectivity index (χ4v) is 3.95. The van der Waals surface area contributed by atoms with Gasteiger partial charge in [0.05, 0.1) is 13.2 Å². The number of hydrogen-bond acceptors (Lipinski definition) is 7. The molecule has 9 nitrogen and oxygen atoms in total. The quantitative estimate of drug-likeness (QED) is 0.321. The number of urea groups is 1.